The molecular formula is C18H24N2O5S2. The van der Waals surface area contributed by atoms with Crippen molar-refractivity contribution < 1.29 is 21.6 Å². The van der Waals surface area contributed by atoms with E-state index in [-0.39, 0.29) is 21.2 Å². The number of hydrogen-bond donors (Lipinski definition) is 1. The van der Waals surface area contributed by atoms with Crippen LogP contribution in [0.4, 0.5) is 5.69 Å². The Morgan fingerprint density at radius 1 is 0.926 bits per heavy atom. The Labute approximate surface area is 161 Å². The van der Waals surface area contributed by atoms with Gasteiger partial charge in [-0.1, -0.05) is 31.5 Å². The first-order valence-corrected chi connectivity index (χ1v) is 11.4. The lowest BCUT2D eigenvalue weighted by atomic mass is 10.2. The summed E-state index contributed by atoms with van der Waals surface area (Å²) in [6.07, 6.45) is 0. The summed E-state index contributed by atoms with van der Waals surface area (Å²) in [5, 5.41) is 0. The summed E-state index contributed by atoms with van der Waals surface area (Å²) in [5.41, 5.74) is 0.991. The number of nitrogens with zero attached hydrogens (tertiary/aromatic N) is 1. The van der Waals surface area contributed by atoms with Crippen LogP contribution in [0.5, 0.6) is 5.75 Å². The van der Waals surface area contributed by atoms with Gasteiger partial charge in [-0.05, 0) is 37.3 Å². The number of nitrogens with one attached hydrogen (secondary N) is 1. The highest BCUT2D eigenvalue weighted by Gasteiger charge is 2.24. The van der Waals surface area contributed by atoms with Crippen LogP contribution in [0.3, 0.4) is 0 Å². The summed E-state index contributed by atoms with van der Waals surface area (Å²) >= 11 is 0. The molecule has 0 atom stereocenters. The molecule has 0 saturated carbocycles. The van der Waals surface area contributed by atoms with Crippen LogP contribution in [-0.4, -0.2) is 41.3 Å². The van der Waals surface area contributed by atoms with Gasteiger partial charge >= 0.3 is 0 Å². The average Bonchev–Trinajstić information content (AvgIpc) is 2.62. The number of hydrogen-bond acceptors (Lipinski definition) is 5. The summed E-state index contributed by atoms with van der Waals surface area (Å²) < 4.78 is 59.7. The van der Waals surface area contributed by atoms with Crippen LogP contribution in [0.2, 0.25) is 0 Å². The van der Waals surface area contributed by atoms with Crippen LogP contribution in [0, 0.1) is 6.92 Å². The fourth-order valence-electron chi connectivity index (χ4n) is 2.56. The van der Waals surface area contributed by atoms with Gasteiger partial charge in [0.1, 0.15) is 5.75 Å². The first-order chi connectivity index (χ1) is 12.7. The van der Waals surface area contributed by atoms with Gasteiger partial charge in [0.25, 0.3) is 10.0 Å². The van der Waals surface area contributed by atoms with Crippen molar-refractivity contribution in [3.05, 3.63) is 48.0 Å². The molecule has 7 nitrogen and oxygen atoms in total. The van der Waals surface area contributed by atoms with E-state index in [4.69, 9.17) is 4.74 Å². The zero-order valence-electron chi connectivity index (χ0n) is 15.8. The largest absolute Gasteiger partial charge is 0.495 e. The Hall–Kier alpha value is -2.10. The van der Waals surface area contributed by atoms with E-state index in [0.29, 0.717) is 13.1 Å². The standard InChI is InChI=1S/C18H24N2O5S2/c1-5-20(6-2)27(23,24)16-11-12-18(25-4)17(13-16)19-26(21,22)15-9-7-14(3)8-10-15/h7-13,19H,5-6H2,1-4H3. The SMILES string of the molecule is CCN(CC)S(=O)(=O)c1ccc(OC)c(NS(=O)(=O)c2ccc(C)cc2)c1. The van der Waals surface area contributed by atoms with Gasteiger partial charge in [0.15, 0.2) is 0 Å². The fourth-order valence-corrected chi connectivity index (χ4v) is 5.11. The average molecular weight is 413 g/mol. The van der Waals surface area contributed by atoms with Gasteiger partial charge in [-0.25, -0.2) is 16.8 Å². The molecule has 0 spiro atoms. The molecule has 2 aromatic carbocycles. The van der Waals surface area contributed by atoms with Crippen molar-refractivity contribution in [2.45, 2.75) is 30.6 Å². The third kappa shape index (κ3) is 4.60. The Balaban J connectivity index is 2.48. The van der Waals surface area contributed by atoms with E-state index in [1.54, 1.807) is 26.0 Å². The molecule has 148 valence electrons. The second-order valence-electron chi connectivity index (χ2n) is 5.87. The van der Waals surface area contributed by atoms with Crippen LogP contribution >= 0.6 is 0 Å². The molecule has 0 heterocycles. The molecule has 0 radical (unpaired) electrons. The van der Waals surface area contributed by atoms with Crippen molar-refractivity contribution in [2.75, 3.05) is 24.9 Å². The van der Waals surface area contributed by atoms with E-state index in [2.05, 4.69) is 4.72 Å². The van der Waals surface area contributed by atoms with E-state index in [9.17, 15) is 16.8 Å². The Morgan fingerprint density at radius 3 is 2.00 bits per heavy atom. The highest BCUT2D eigenvalue weighted by Crippen LogP contribution is 2.30. The Bertz CT molecular complexity index is 997. The topological polar surface area (TPSA) is 92.8 Å². The van der Waals surface area contributed by atoms with Gasteiger partial charge in [0.2, 0.25) is 10.0 Å². The molecule has 2 rings (SSSR count). The lowest BCUT2D eigenvalue weighted by molar-refractivity contribution is 0.416. The van der Waals surface area contributed by atoms with E-state index < -0.39 is 20.0 Å². The van der Waals surface area contributed by atoms with Crippen molar-refractivity contribution in [2.24, 2.45) is 0 Å². The van der Waals surface area contributed by atoms with E-state index in [1.807, 2.05) is 6.92 Å². The van der Waals surface area contributed by atoms with E-state index >= 15 is 0 Å². The molecule has 2 aromatic rings. The first kappa shape index (κ1) is 21.2. The van der Waals surface area contributed by atoms with E-state index in [0.717, 1.165) is 5.56 Å². The Morgan fingerprint density at radius 2 is 1.48 bits per heavy atom. The number of rotatable bonds is 8. The van der Waals surface area contributed by atoms with Gasteiger partial charge in [-0.3, -0.25) is 4.72 Å². The highest BCUT2D eigenvalue weighted by atomic mass is 32.2. The summed E-state index contributed by atoms with van der Waals surface area (Å²) in [4.78, 5) is 0.0702. The first-order valence-electron chi connectivity index (χ1n) is 8.43. The maximum atomic E-state index is 12.7. The smallest absolute Gasteiger partial charge is 0.262 e. The molecule has 0 bridgehead atoms. The summed E-state index contributed by atoms with van der Waals surface area (Å²) in [7, 11) is -6.24. The number of sulfonamides is 2. The van der Waals surface area contributed by atoms with Crippen LogP contribution in [0.15, 0.2) is 52.3 Å². The number of benzene rings is 2. The van der Waals surface area contributed by atoms with Crippen LogP contribution < -0.4 is 9.46 Å². The minimum Gasteiger partial charge on any atom is -0.495 e. The number of ether oxygens (including phenoxy) is 1. The van der Waals surface area contributed by atoms with Crippen molar-refractivity contribution in [1.29, 1.82) is 0 Å². The van der Waals surface area contributed by atoms with Gasteiger partial charge in [0, 0.05) is 13.1 Å². The molecule has 0 aliphatic heterocycles. The predicted octanol–water partition coefficient (Wildman–Crippen LogP) is 2.83. The summed E-state index contributed by atoms with van der Waals surface area (Å²) in [5.74, 6) is 0.226. The Kier molecular flexibility index (Phi) is 6.50. The number of anilines is 1. The van der Waals surface area contributed by atoms with Crippen molar-refractivity contribution in [1.82, 2.24) is 4.31 Å². The minimum atomic E-state index is -3.89. The predicted molar refractivity (Wildman–Crippen MR) is 105 cm³/mol. The molecule has 0 aliphatic rings. The summed E-state index contributed by atoms with van der Waals surface area (Å²) in [6.45, 7) is 5.97. The van der Waals surface area contributed by atoms with Gasteiger partial charge in [0.05, 0.1) is 22.6 Å². The van der Waals surface area contributed by atoms with Crippen molar-refractivity contribution in [3.8, 4) is 5.75 Å². The molecule has 27 heavy (non-hydrogen) atoms. The molecule has 1 N–H and O–H groups in total. The maximum absolute atomic E-state index is 12.7. The van der Waals surface area contributed by atoms with Crippen LogP contribution in [0.1, 0.15) is 19.4 Å². The molecule has 0 amide bonds. The number of aryl methyl sites for hydroxylation is 1. The molecule has 0 unspecified atom stereocenters. The molecule has 0 aromatic heterocycles. The lowest BCUT2D eigenvalue weighted by Gasteiger charge is -2.20. The molecule has 0 saturated heterocycles. The fraction of sp³-hybridized carbons (Fsp3) is 0.333. The van der Waals surface area contributed by atoms with Crippen LogP contribution in [-0.2, 0) is 20.0 Å². The van der Waals surface area contributed by atoms with Gasteiger partial charge < -0.3 is 4.74 Å². The van der Waals surface area contributed by atoms with Gasteiger partial charge in [-0.15, -0.1) is 0 Å². The molecule has 0 fully saturated rings. The third-order valence-corrected chi connectivity index (χ3v) is 7.52. The third-order valence-electron chi connectivity index (χ3n) is 4.09. The van der Waals surface area contributed by atoms with Crippen molar-refractivity contribution >= 4 is 25.7 Å². The zero-order valence-corrected chi connectivity index (χ0v) is 17.4. The second kappa shape index (κ2) is 8.28. The maximum Gasteiger partial charge on any atom is 0.262 e. The monoisotopic (exact) mass is 412 g/mol. The minimum absolute atomic E-state index is 0.00592. The van der Waals surface area contributed by atoms with Crippen molar-refractivity contribution in [3.63, 3.8) is 0 Å². The highest BCUT2D eigenvalue weighted by molar-refractivity contribution is 7.92. The quantitative estimate of drug-likeness (QED) is 0.720. The van der Waals surface area contributed by atoms with Gasteiger partial charge in [-0.2, -0.15) is 4.31 Å². The molecule has 0 aliphatic carbocycles. The van der Waals surface area contributed by atoms with E-state index in [1.165, 1.54) is 41.7 Å². The van der Waals surface area contributed by atoms with Crippen LogP contribution in [0.25, 0.3) is 0 Å². The zero-order chi connectivity index (χ0) is 20.2. The molecular weight excluding hydrogens is 388 g/mol. The molecule has 9 heteroatoms. The second-order valence-corrected chi connectivity index (χ2v) is 9.49. The lowest BCUT2D eigenvalue weighted by Crippen LogP contribution is -2.30. The number of methoxy groups -OCH3 is 1. The summed E-state index contributed by atoms with van der Waals surface area (Å²) in [6, 6.07) is 10.5. The normalized spacial score (nSPS) is 12.2.